The van der Waals surface area contributed by atoms with Crippen molar-refractivity contribution in [2.24, 2.45) is 0 Å². The summed E-state index contributed by atoms with van der Waals surface area (Å²) in [5, 5.41) is 3.45. The topological polar surface area (TPSA) is 39.1 Å². The zero-order chi connectivity index (χ0) is 12.8. The lowest BCUT2D eigenvalue weighted by Crippen LogP contribution is -2.30. The van der Waals surface area contributed by atoms with Crippen LogP contribution in [0.3, 0.4) is 0 Å². The zero-order valence-electron chi connectivity index (χ0n) is 11.7. The van der Waals surface area contributed by atoms with Gasteiger partial charge in [-0.25, -0.2) is 4.98 Å². The predicted molar refractivity (Wildman–Crippen MR) is 73.3 cm³/mol. The van der Waals surface area contributed by atoms with Gasteiger partial charge in [0.2, 0.25) is 0 Å². The first-order valence-corrected chi connectivity index (χ1v) is 7.75. The minimum absolute atomic E-state index is 0.394. The first-order chi connectivity index (χ1) is 9.33. The Morgan fingerprint density at radius 1 is 1.32 bits per heavy atom. The van der Waals surface area contributed by atoms with Crippen LogP contribution < -0.4 is 5.32 Å². The Morgan fingerprint density at radius 3 is 3.00 bits per heavy atom. The molecule has 4 nitrogen and oxygen atoms in total. The molecule has 0 bridgehead atoms. The summed E-state index contributed by atoms with van der Waals surface area (Å²) in [6.45, 7) is 5.16. The van der Waals surface area contributed by atoms with E-state index in [1.54, 1.807) is 0 Å². The molecule has 2 fully saturated rings. The quantitative estimate of drug-likeness (QED) is 0.886. The van der Waals surface area contributed by atoms with E-state index in [0.717, 1.165) is 44.9 Å². The van der Waals surface area contributed by atoms with Gasteiger partial charge < -0.3 is 14.6 Å². The molecule has 1 saturated carbocycles. The third-order valence-electron chi connectivity index (χ3n) is 4.72. The van der Waals surface area contributed by atoms with E-state index in [0.29, 0.717) is 12.1 Å². The normalized spacial score (nSPS) is 31.2. The second-order valence-corrected chi connectivity index (χ2v) is 6.29. The highest BCUT2D eigenvalue weighted by Gasteiger charge is 2.35. The lowest BCUT2D eigenvalue weighted by atomic mass is 10.0. The van der Waals surface area contributed by atoms with Crippen molar-refractivity contribution in [2.45, 2.75) is 63.6 Å². The number of rotatable bonds is 2. The van der Waals surface area contributed by atoms with Gasteiger partial charge in [-0.05, 0) is 32.6 Å². The second kappa shape index (κ2) is 4.60. The molecule has 1 aromatic rings. The molecule has 0 aromatic carbocycles. The molecule has 0 spiro atoms. The maximum atomic E-state index is 5.72. The molecule has 104 valence electrons. The third kappa shape index (κ3) is 2.11. The van der Waals surface area contributed by atoms with Gasteiger partial charge in [0.25, 0.3) is 0 Å². The number of ether oxygens (including phenoxy) is 1. The van der Waals surface area contributed by atoms with Crippen LogP contribution in [0.15, 0.2) is 0 Å². The number of fused-ring (bicyclic) bond motifs is 1. The molecule has 1 aromatic heterocycles. The summed E-state index contributed by atoms with van der Waals surface area (Å²) in [4.78, 5) is 4.97. The van der Waals surface area contributed by atoms with Gasteiger partial charge in [-0.1, -0.05) is 0 Å². The number of aromatic nitrogens is 2. The van der Waals surface area contributed by atoms with Crippen molar-refractivity contribution in [3.05, 3.63) is 17.2 Å². The van der Waals surface area contributed by atoms with E-state index in [1.165, 1.54) is 30.1 Å². The average molecular weight is 261 g/mol. The van der Waals surface area contributed by atoms with Crippen molar-refractivity contribution in [2.75, 3.05) is 13.2 Å². The molecule has 2 unspecified atom stereocenters. The van der Waals surface area contributed by atoms with Crippen LogP contribution in [0.2, 0.25) is 0 Å². The SMILES string of the molecule is CC1CC(n2c(C3CC3)nc3c2CCNC3)CCO1. The summed E-state index contributed by atoms with van der Waals surface area (Å²) in [7, 11) is 0. The standard InChI is InChI=1S/C15H23N3O/c1-10-8-12(5-7-19-10)18-14-4-6-16-9-13(14)17-15(18)11-2-3-11/h10-12,16H,2-9H2,1H3. The molecular formula is C15H23N3O. The first-order valence-electron chi connectivity index (χ1n) is 7.75. The molecule has 4 rings (SSSR count). The van der Waals surface area contributed by atoms with Crippen LogP contribution in [0.4, 0.5) is 0 Å². The number of hydrogen-bond donors (Lipinski definition) is 1. The first kappa shape index (κ1) is 11.9. The molecule has 3 aliphatic rings. The van der Waals surface area contributed by atoms with Crippen LogP contribution in [-0.2, 0) is 17.7 Å². The van der Waals surface area contributed by atoms with Crippen LogP contribution in [-0.4, -0.2) is 28.8 Å². The van der Waals surface area contributed by atoms with E-state index >= 15 is 0 Å². The Bertz CT molecular complexity index is 478. The third-order valence-corrected chi connectivity index (χ3v) is 4.72. The predicted octanol–water partition coefficient (Wildman–Crippen LogP) is 2.15. The van der Waals surface area contributed by atoms with Gasteiger partial charge in [-0.15, -0.1) is 0 Å². The number of hydrogen-bond acceptors (Lipinski definition) is 3. The van der Waals surface area contributed by atoms with Crippen LogP contribution >= 0.6 is 0 Å². The highest BCUT2D eigenvalue weighted by Crippen LogP contribution is 2.43. The van der Waals surface area contributed by atoms with Crippen LogP contribution in [0, 0.1) is 0 Å². The van der Waals surface area contributed by atoms with Crippen molar-refractivity contribution in [1.29, 1.82) is 0 Å². The van der Waals surface area contributed by atoms with Crippen molar-refractivity contribution in [3.8, 4) is 0 Å². The Kier molecular flexibility index (Phi) is 2.88. The fraction of sp³-hybridized carbons (Fsp3) is 0.800. The molecule has 2 aliphatic heterocycles. The Labute approximate surface area is 114 Å². The lowest BCUT2D eigenvalue weighted by Gasteiger charge is -2.31. The van der Waals surface area contributed by atoms with Gasteiger partial charge in [0, 0.05) is 43.8 Å². The molecule has 3 heterocycles. The summed E-state index contributed by atoms with van der Waals surface area (Å²) in [5.74, 6) is 2.12. The van der Waals surface area contributed by atoms with E-state index < -0.39 is 0 Å². The smallest absolute Gasteiger partial charge is 0.112 e. The number of imidazole rings is 1. The van der Waals surface area contributed by atoms with Gasteiger partial charge in [0.05, 0.1) is 11.8 Å². The molecule has 4 heteroatoms. The molecule has 0 amide bonds. The summed E-state index contributed by atoms with van der Waals surface area (Å²) in [6, 6.07) is 0.619. The van der Waals surface area contributed by atoms with Gasteiger partial charge in [0.15, 0.2) is 0 Å². The van der Waals surface area contributed by atoms with Crippen molar-refractivity contribution >= 4 is 0 Å². The van der Waals surface area contributed by atoms with Gasteiger partial charge in [-0.2, -0.15) is 0 Å². The molecule has 2 atom stereocenters. The van der Waals surface area contributed by atoms with Crippen LogP contribution in [0.1, 0.15) is 61.8 Å². The minimum atomic E-state index is 0.394. The van der Waals surface area contributed by atoms with E-state index in [-0.39, 0.29) is 0 Å². The summed E-state index contributed by atoms with van der Waals surface area (Å²) in [6.07, 6.45) is 6.51. The Hall–Kier alpha value is -0.870. The van der Waals surface area contributed by atoms with Crippen molar-refractivity contribution in [3.63, 3.8) is 0 Å². The molecule has 1 saturated heterocycles. The van der Waals surface area contributed by atoms with Crippen LogP contribution in [0.25, 0.3) is 0 Å². The average Bonchev–Trinajstić information content (AvgIpc) is 3.19. The van der Waals surface area contributed by atoms with Gasteiger partial charge in [0.1, 0.15) is 5.82 Å². The minimum Gasteiger partial charge on any atom is -0.378 e. The summed E-state index contributed by atoms with van der Waals surface area (Å²) >= 11 is 0. The summed E-state index contributed by atoms with van der Waals surface area (Å²) in [5.41, 5.74) is 2.83. The van der Waals surface area contributed by atoms with Crippen molar-refractivity contribution < 1.29 is 4.74 Å². The van der Waals surface area contributed by atoms with E-state index in [4.69, 9.17) is 9.72 Å². The summed E-state index contributed by atoms with van der Waals surface area (Å²) < 4.78 is 8.34. The van der Waals surface area contributed by atoms with E-state index in [9.17, 15) is 0 Å². The largest absolute Gasteiger partial charge is 0.378 e. The number of nitrogens with zero attached hydrogens (tertiary/aromatic N) is 2. The Balaban J connectivity index is 1.73. The van der Waals surface area contributed by atoms with Crippen molar-refractivity contribution in [1.82, 2.24) is 14.9 Å². The number of nitrogens with one attached hydrogen (secondary N) is 1. The van der Waals surface area contributed by atoms with Gasteiger partial charge in [-0.3, -0.25) is 0 Å². The molecular weight excluding hydrogens is 238 g/mol. The fourth-order valence-corrected chi connectivity index (χ4v) is 3.60. The molecule has 1 N–H and O–H groups in total. The highest BCUT2D eigenvalue weighted by atomic mass is 16.5. The molecule has 1 aliphatic carbocycles. The Morgan fingerprint density at radius 2 is 2.21 bits per heavy atom. The molecule has 0 radical (unpaired) electrons. The molecule has 19 heavy (non-hydrogen) atoms. The second-order valence-electron chi connectivity index (χ2n) is 6.29. The lowest BCUT2D eigenvalue weighted by molar-refractivity contribution is 0.00488. The maximum Gasteiger partial charge on any atom is 0.112 e. The van der Waals surface area contributed by atoms with E-state index in [2.05, 4.69) is 16.8 Å². The highest BCUT2D eigenvalue weighted by molar-refractivity contribution is 5.25. The maximum absolute atomic E-state index is 5.72. The van der Waals surface area contributed by atoms with Crippen LogP contribution in [0.5, 0.6) is 0 Å². The van der Waals surface area contributed by atoms with Gasteiger partial charge >= 0.3 is 0 Å². The fourth-order valence-electron chi connectivity index (χ4n) is 3.60. The zero-order valence-corrected chi connectivity index (χ0v) is 11.7. The monoisotopic (exact) mass is 261 g/mol. The van der Waals surface area contributed by atoms with E-state index in [1.807, 2.05) is 0 Å².